The first-order chi connectivity index (χ1) is 8.16. The van der Waals surface area contributed by atoms with Gasteiger partial charge in [-0.3, -0.25) is 0 Å². The number of phenols is 1. The second-order valence-corrected chi connectivity index (χ2v) is 3.46. The van der Waals surface area contributed by atoms with Crippen molar-refractivity contribution in [2.24, 2.45) is 0 Å². The Morgan fingerprint density at radius 1 is 1.35 bits per heavy atom. The van der Waals surface area contributed by atoms with Gasteiger partial charge in [0.2, 0.25) is 0 Å². The molecule has 1 heterocycles. The van der Waals surface area contributed by atoms with Crippen LogP contribution in [0.15, 0.2) is 36.5 Å². The molecule has 2 aromatic rings. The van der Waals surface area contributed by atoms with E-state index in [0.717, 1.165) is 0 Å². The van der Waals surface area contributed by atoms with Gasteiger partial charge in [-0.2, -0.15) is 0 Å². The van der Waals surface area contributed by atoms with Crippen LogP contribution in [0.3, 0.4) is 0 Å². The number of ether oxygens (including phenoxy) is 1. The van der Waals surface area contributed by atoms with Crippen LogP contribution in [0.4, 0.5) is 0 Å². The van der Waals surface area contributed by atoms with Crippen LogP contribution in [-0.2, 0) is 6.61 Å². The van der Waals surface area contributed by atoms with Gasteiger partial charge in [-0.15, -0.1) is 0 Å². The van der Waals surface area contributed by atoms with Crippen LogP contribution >= 0.6 is 0 Å². The van der Waals surface area contributed by atoms with Crippen molar-refractivity contribution in [1.29, 1.82) is 0 Å². The molecule has 0 aliphatic rings. The molecular weight excluding hydrogens is 222 g/mol. The molecule has 5 heteroatoms. The zero-order valence-corrected chi connectivity index (χ0v) is 8.88. The van der Waals surface area contributed by atoms with Gasteiger partial charge in [-0.1, -0.05) is 6.07 Å². The SMILES string of the molecule is O=C(O)c1cc[nH]c1COc1cccc(O)c1. The fraction of sp³-hybridized carbons (Fsp3) is 0.0833. The number of H-pyrrole nitrogens is 1. The van der Waals surface area contributed by atoms with Crippen LogP contribution in [0.2, 0.25) is 0 Å². The molecule has 1 aromatic heterocycles. The van der Waals surface area contributed by atoms with Gasteiger partial charge in [-0.05, 0) is 18.2 Å². The van der Waals surface area contributed by atoms with Crippen LogP contribution in [-0.4, -0.2) is 21.2 Å². The number of benzene rings is 1. The van der Waals surface area contributed by atoms with Gasteiger partial charge in [-0.25, -0.2) is 4.79 Å². The van der Waals surface area contributed by atoms with Crippen molar-refractivity contribution in [2.45, 2.75) is 6.61 Å². The molecule has 0 aliphatic carbocycles. The summed E-state index contributed by atoms with van der Waals surface area (Å²) < 4.78 is 5.37. The number of phenolic OH excluding ortho intramolecular Hbond substituents is 1. The van der Waals surface area contributed by atoms with Crippen LogP contribution in [0.1, 0.15) is 16.1 Å². The summed E-state index contributed by atoms with van der Waals surface area (Å²) in [6.45, 7) is 0.109. The van der Waals surface area contributed by atoms with Crippen LogP contribution in [0, 0.1) is 0 Å². The molecule has 17 heavy (non-hydrogen) atoms. The quantitative estimate of drug-likeness (QED) is 0.754. The fourth-order valence-corrected chi connectivity index (χ4v) is 1.45. The molecule has 0 fully saturated rings. The molecule has 0 radical (unpaired) electrons. The third kappa shape index (κ3) is 2.57. The number of rotatable bonds is 4. The van der Waals surface area contributed by atoms with Gasteiger partial charge in [0.05, 0.1) is 11.3 Å². The normalized spacial score (nSPS) is 10.1. The van der Waals surface area contributed by atoms with Crippen molar-refractivity contribution in [1.82, 2.24) is 4.98 Å². The zero-order valence-electron chi connectivity index (χ0n) is 8.88. The maximum Gasteiger partial charge on any atom is 0.337 e. The molecule has 0 unspecified atom stereocenters. The predicted octanol–water partition coefficient (Wildman–Crippen LogP) is 2.00. The van der Waals surface area contributed by atoms with Crippen LogP contribution in [0.5, 0.6) is 11.5 Å². The van der Waals surface area contributed by atoms with Crippen molar-refractivity contribution in [3.63, 3.8) is 0 Å². The van der Waals surface area contributed by atoms with Crippen LogP contribution in [0.25, 0.3) is 0 Å². The largest absolute Gasteiger partial charge is 0.508 e. The summed E-state index contributed by atoms with van der Waals surface area (Å²) in [5.41, 5.74) is 0.672. The third-order valence-electron chi connectivity index (χ3n) is 2.26. The minimum Gasteiger partial charge on any atom is -0.508 e. The molecule has 0 aliphatic heterocycles. The number of carbonyl (C=O) groups is 1. The summed E-state index contributed by atoms with van der Waals surface area (Å²) in [5.74, 6) is -0.413. The number of carboxylic acids is 1. The topological polar surface area (TPSA) is 82.5 Å². The summed E-state index contributed by atoms with van der Waals surface area (Å²) >= 11 is 0. The third-order valence-corrected chi connectivity index (χ3v) is 2.26. The van der Waals surface area contributed by atoms with E-state index in [4.69, 9.17) is 9.84 Å². The first-order valence-electron chi connectivity index (χ1n) is 4.98. The zero-order chi connectivity index (χ0) is 12.3. The molecule has 0 atom stereocenters. The Hall–Kier alpha value is -2.43. The maximum absolute atomic E-state index is 10.8. The molecular formula is C12H11NO4. The lowest BCUT2D eigenvalue weighted by Crippen LogP contribution is -2.03. The number of hydrogen-bond acceptors (Lipinski definition) is 3. The van der Waals surface area contributed by atoms with E-state index in [9.17, 15) is 9.90 Å². The predicted molar refractivity (Wildman–Crippen MR) is 60.2 cm³/mol. The molecule has 0 bridgehead atoms. The Morgan fingerprint density at radius 2 is 2.18 bits per heavy atom. The number of aromatic nitrogens is 1. The smallest absolute Gasteiger partial charge is 0.337 e. The van der Waals surface area contributed by atoms with Crippen molar-refractivity contribution < 1.29 is 19.7 Å². The van der Waals surface area contributed by atoms with Gasteiger partial charge in [0.1, 0.15) is 18.1 Å². The molecule has 5 nitrogen and oxygen atoms in total. The van der Waals surface area contributed by atoms with E-state index < -0.39 is 5.97 Å². The number of hydrogen-bond donors (Lipinski definition) is 3. The summed E-state index contributed by atoms with van der Waals surface area (Å²) in [6, 6.07) is 7.80. The number of aromatic hydroxyl groups is 1. The monoisotopic (exact) mass is 233 g/mol. The van der Waals surface area contributed by atoms with Gasteiger partial charge >= 0.3 is 5.97 Å². The highest BCUT2D eigenvalue weighted by molar-refractivity contribution is 5.88. The van der Waals surface area contributed by atoms with Crippen molar-refractivity contribution in [3.05, 3.63) is 47.8 Å². The number of aromatic carboxylic acids is 1. The molecule has 3 N–H and O–H groups in total. The number of carboxylic acid groups (broad SMARTS) is 1. The average Bonchev–Trinajstić information content (AvgIpc) is 2.74. The highest BCUT2D eigenvalue weighted by Crippen LogP contribution is 2.19. The second-order valence-electron chi connectivity index (χ2n) is 3.46. The summed E-state index contributed by atoms with van der Waals surface area (Å²) in [4.78, 5) is 13.6. The molecule has 0 amide bonds. The second kappa shape index (κ2) is 4.61. The van der Waals surface area contributed by atoms with Gasteiger partial charge in [0.15, 0.2) is 0 Å². The molecule has 0 saturated carbocycles. The number of aromatic amines is 1. The first kappa shape index (κ1) is 11.1. The van der Waals surface area contributed by atoms with Gasteiger partial charge < -0.3 is 19.9 Å². The minimum absolute atomic E-state index is 0.104. The van der Waals surface area contributed by atoms with E-state index in [1.165, 1.54) is 18.2 Å². The fourth-order valence-electron chi connectivity index (χ4n) is 1.45. The Bertz CT molecular complexity index is 533. The van der Waals surface area contributed by atoms with Gasteiger partial charge in [0.25, 0.3) is 0 Å². The highest BCUT2D eigenvalue weighted by Gasteiger charge is 2.11. The van der Waals surface area contributed by atoms with E-state index in [0.29, 0.717) is 11.4 Å². The Balaban J connectivity index is 2.07. The summed E-state index contributed by atoms with van der Waals surface area (Å²) in [6.07, 6.45) is 1.55. The Labute approximate surface area is 97.3 Å². The number of nitrogens with one attached hydrogen (secondary N) is 1. The van der Waals surface area contributed by atoms with Crippen molar-refractivity contribution >= 4 is 5.97 Å². The van der Waals surface area contributed by atoms with Gasteiger partial charge in [0, 0.05) is 12.3 Å². The molecule has 0 spiro atoms. The van der Waals surface area contributed by atoms with E-state index in [-0.39, 0.29) is 17.9 Å². The molecule has 2 rings (SSSR count). The Kier molecular flexibility index (Phi) is 3.00. The van der Waals surface area contributed by atoms with Crippen molar-refractivity contribution in [2.75, 3.05) is 0 Å². The van der Waals surface area contributed by atoms with E-state index >= 15 is 0 Å². The van der Waals surface area contributed by atoms with E-state index in [1.54, 1.807) is 18.3 Å². The lowest BCUT2D eigenvalue weighted by Gasteiger charge is -2.06. The van der Waals surface area contributed by atoms with Crippen molar-refractivity contribution in [3.8, 4) is 11.5 Å². The minimum atomic E-state index is -0.999. The lowest BCUT2D eigenvalue weighted by atomic mass is 10.2. The first-order valence-corrected chi connectivity index (χ1v) is 4.98. The molecule has 0 saturated heterocycles. The highest BCUT2D eigenvalue weighted by atomic mass is 16.5. The van der Waals surface area contributed by atoms with E-state index in [1.807, 2.05) is 0 Å². The van der Waals surface area contributed by atoms with E-state index in [2.05, 4.69) is 4.98 Å². The Morgan fingerprint density at radius 3 is 2.88 bits per heavy atom. The molecule has 1 aromatic carbocycles. The molecule has 88 valence electrons. The summed E-state index contributed by atoms with van der Waals surface area (Å²) in [5, 5.41) is 18.1. The average molecular weight is 233 g/mol. The van der Waals surface area contributed by atoms with Crippen LogP contribution < -0.4 is 4.74 Å². The summed E-state index contributed by atoms with van der Waals surface area (Å²) in [7, 11) is 0. The maximum atomic E-state index is 10.8. The standard InChI is InChI=1S/C12H11NO4/c14-8-2-1-3-9(6-8)17-7-11-10(12(15)16)4-5-13-11/h1-6,13-14H,7H2,(H,15,16). The lowest BCUT2D eigenvalue weighted by molar-refractivity contribution is 0.0694.